The van der Waals surface area contributed by atoms with Gasteiger partial charge in [0.25, 0.3) is 0 Å². The fourth-order valence-corrected chi connectivity index (χ4v) is 3.85. The Hall–Kier alpha value is -0.390. The Morgan fingerprint density at radius 2 is 1.94 bits per heavy atom. The second-order valence-corrected chi connectivity index (χ2v) is 8.71. The minimum Gasteiger partial charge on any atom is -0.210 e. The number of rotatable bonds is 5. The van der Waals surface area contributed by atoms with Gasteiger partial charge in [0.15, 0.2) is 0 Å². The van der Waals surface area contributed by atoms with Crippen LogP contribution in [0.1, 0.15) is 38.5 Å². The van der Waals surface area contributed by atoms with Gasteiger partial charge in [-0.2, -0.15) is 0 Å². The summed E-state index contributed by atoms with van der Waals surface area (Å²) >= 11 is 1.31. The van der Waals surface area contributed by atoms with E-state index in [4.69, 9.17) is 0 Å². The van der Waals surface area contributed by atoms with Crippen molar-refractivity contribution in [2.75, 3.05) is 6.54 Å². The van der Waals surface area contributed by atoms with Crippen molar-refractivity contribution in [3.63, 3.8) is 0 Å². The highest BCUT2D eigenvalue weighted by molar-refractivity contribution is 7.91. The number of hydrogen-bond acceptors (Lipinski definition) is 3. The molecule has 0 fully saturated rings. The number of thiophene rings is 1. The topological polar surface area (TPSA) is 46.2 Å². The van der Waals surface area contributed by atoms with Crippen LogP contribution in [0.4, 0.5) is 0 Å². The fraction of sp³-hybridized carbons (Fsp3) is 0.667. The molecule has 0 aliphatic rings. The third kappa shape index (κ3) is 5.19. The van der Waals surface area contributed by atoms with Gasteiger partial charge in [-0.3, -0.25) is 0 Å². The largest absolute Gasteiger partial charge is 0.250 e. The first kappa shape index (κ1) is 14.7. The highest BCUT2D eigenvalue weighted by Gasteiger charge is 2.16. The van der Waals surface area contributed by atoms with Crippen molar-refractivity contribution < 1.29 is 8.42 Å². The van der Waals surface area contributed by atoms with Gasteiger partial charge >= 0.3 is 0 Å². The van der Waals surface area contributed by atoms with Crippen LogP contribution in [-0.2, 0) is 10.0 Å². The normalized spacial score (nSPS) is 12.9. The smallest absolute Gasteiger partial charge is 0.210 e. The molecule has 98 valence electrons. The summed E-state index contributed by atoms with van der Waals surface area (Å²) in [5.41, 5.74) is 0.255. The van der Waals surface area contributed by atoms with Gasteiger partial charge in [-0.15, -0.1) is 11.3 Å². The van der Waals surface area contributed by atoms with Gasteiger partial charge in [0.05, 0.1) is 0 Å². The van der Waals surface area contributed by atoms with Crippen molar-refractivity contribution >= 4 is 21.4 Å². The van der Waals surface area contributed by atoms with Crippen molar-refractivity contribution in [3.8, 4) is 0 Å². The third-order valence-corrected chi connectivity index (χ3v) is 5.33. The van der Waals surface area contributed by atoms with E-state index in [9.17, 15) is 8.42 Å². The van der Waals surface area contributed by atoms with E-state index in [1.165, 1.54) is 11.3 Å². The molecule has 1 aromatic rings. The van der Waals surface area contributed by atoms with Gasteiger partial charge in [0, 0.05) is 11.4 Å². The van der Waals surface area contributed by atoms with E-state index in [0.29, 0.717) is 10.8 Å². The standard InChI is InChI=1S/C12H21NO2S2/c1-10-6-7-11(16-10)17(14,15)13-9-5-8-12(2,3)4/h6-7,13H,5,8-9H2,1-4H3. The van der Waals surface area contributed by atoms with E-state index < -0.39 is 10.0 Å². The molecule has 1 heterocycles. The minimum absolute atomic E-state index is 0.255. The molecule has 0 spiro atoms. The molecule has 1 N–H and O–H groups in total. The summed E-state index contributed by atoms with van der Waals surface area (Å²) in [4.78, 5) is 1.01. The van der Waals surface area contributed by atoms with Crippen LogP contribution in [0.15, 0.2) is 16.3 Å². The zero-order valence-electron chi connectivity index (χ0n) is 10.9. The molecule has 0 unspecified atom stereocenters. The van der Waals surface area contributed by atoms with E-state index in [1.54, 1.807) is 6.07 Å². The first-order chi connectivity index (χ1) is 7.71. The maximum Gasteiger partial charge on any atom is 0.250 e. The molecule has 0 aliphatic heterocycles. The second-order valence-electron chi connectivity index (χ2n) is 5.43. The summed E-state index contributed by atoms with van der Waals surface area (Å²) < 4.78 is 26.8. The van der Waals surface area contributed by atoms with Crippen LogP contribution in [0.25, 0.3) is 0 Å². The molecule has 0 amide bonds. The van der Waals surface area contributed by atoms with E-state index in [-0.39, 0.29) is 5.41 Å². The molecule has 0 bridgehead atoms. The predicted molar refractivity (Wildman–Crippen MR) is 72.9 cm³/mol. The summed E-state index contributed by atoms with van der Waals surface area (Å²) in [6.45, 7) is 8.89. The first-order valence-electron chi connectivity index (χ1n) is 5.77. The maximum absolute atomic E-state index is 11.9. The summed E-state index contributed by atoms with van der Waals surface area (Å²) in [5.74, 6) is 0. The Balaban J connectivity index is 2.46. The van der Waals surface area contributed by atoms with Gasteiger partial charge < -0.3 is 0 Å². The molecule has 3 nitrogen and oxygen atoms in total. The Bertz CT molecular complexity index is 455. The highest BCUT2D eigenvalue weighted by Crippen LogP contribution is 2.22. The fourth-order valence-electron chi connectivity index (χ4n) is 1.45. The molecule has 0 saturated heterocycles. The minimum atomic E-state index is -3.29. The van der Waals surface area contributed by atoms with E-state index in [2.05, 4.69) is 25.5 Å². The molecule has 0 atom stereocenters. The lowest BCUT2D eigenvalue weighted by Crippen LogP contribution is -2.24. The van der Waals surface area contributed by atoms with Gasteiger partial charge in [-0.25, -0.2) is 13.1 Å². The average Bonchev–Trinajstić information content (AvgIpc) is 2.59. The molecule has 0 radical (unpaired) electrons. The summed E-state index contributed by atoms with van der Waals surface area (Å²) in [5, 5.41) is 0. The van der Waals surface area contributed by atoms with Crippen LogP contribution in [0.3, 0.4) is 0 Å². The molecule has 0 saturated carbocycles. The predicted octanol–water partition coefficient (Wildman–Crippen LogP) is 3.16. The van der Waals surface area contributed by atoms with Crippen molar-refractivity contribution in [1.29, 1.82) is 0 Å². The lowest BCUT2D eigenvalue weighted by molar-refractivity contribution is 0.365. The first-order valence-corrected chi connectivity index (χ1v) is 8.07. The lowest BCUT2D eigenvalue weighted by atomic mass is 9.91. The van der Waals surface area contributed by atoms with Crippen LogP contribution < -0.4 is 4.72 Å². The molecule has 0 aliphatic carbocycles. The molecule has 0 aromatic carbocycles. The van der Waals surface area contributed by atoms with Crippen LogP contribution in [0.5, 0.6) is 0 Å². The summed E-state index contributed by atoms with van der Waals surface area (Å²) in [6.07, 6.45) is 1.88. The van der Waals surface area contributed by atoms with Crippen molar-refractivity contribution in [2.45, 2.75) is 44.7 Å². The third-order valence-electron chi connectivity index (χ3n) is 2.38. The number of nitrogens with one attached hydrogen (secondary N) is 1. The summed E-state index contributed by atoms with van der Waals surface area (Å²) in [6, 6.07) is 3.49. The zero-order valence-corrected chi connectivity index (χ0v) is 12.5. The number of sulfonamides is 1. The average molecular weight is 275 g/mol. The van der Waals surface area contributed by atoms with E-state index in [0.717, 1.165) is 17.7 Å². The molecule has 1 aromatic heterocycles. The monoisotopic (exact) mass is 275 g/mol. The summed E-state index contributed by atoms with van der Waals surface area (Å²) in [7, 11) is -3.29. The Kier molecular flexibility index (Phi) is 4.75. The van der Waals surface area contributed by atoms with E-state index in [1.807, 2.05) is 13.0 Å². The Morgan fingerprint density at radius 3 is 2.41 bits per heavy atom. The van der Waals surface area contributed by atoms with Crippen LogP contribution in [-0.4, -0.2) is 15.0 Å². The molecule has 1 rings (SSSR count). The SMILES string of the molecule is Cc1ccc(S(=O)(=O)NCCCC(C)(C)C)s1. The van der Waals surface area contributed by atoms with Gasteiger partial charge in [0.1, 0.15) is 4.21 Å². The molecule has 17 heavy (non-hydrogen) atoms. The molecule has 5 heteroatoms. The van der Waals surface area contributed by atoms with Crippen LogP contribution >= 0.6 is 11.3 Å². The van der Waals surface area contributed by atoms with Gasteiger partial charge in [-0.1, -0.05) is 20.8 Å². The molecular weight excluding hydrogens is 254 g/mol. The zero-order chi connectivity index (χ0) is 13.1. The Labute approximate surface area is 108 Å². The van der Waals surface area contributed by atoms with Crippen LogP contribution in [0.2, 0.25) is 0 Å². The number of hydrogen-bond donors (Lipinski definition) is 1. The lowest BCUT2D eigenvalue weighted by Gasteiger charge is -2.17. The van der Waals surface area contributed by atoms with Gasteiger partial charge in [0.2, 0.25) is 10.0 Å². The van der Waals surface area contributed by atoms with Crippen molar-refractivity contribution in [1.82, 2.24) is 4.72 Å². The van der Waals surface area contributed by atoms with Crippen LogP contribution in [0, 0.1) is 12.3 Å². The Morgan fingerprint density at radius 1 is 1.29 bits per heavy atom. The van der Waals surface area contributed by atoms with Crippen molar-refractivity contribution in [3.05, 3.63) is 17.0 Å². The van der Waals surface area contributed by atoms with E-state index >= 15 is 0 Å². The quantitative estimate of drug-likeness (QED) is 0.839. The maximum atomic E-state index is 11.9. The second kappa shape index (κ2) is 5.50. The number of aryl methyl sites for hydroxylation is 1. The van der Waals surface area contributed by atoms with Gasteiger partial charge in [-0.05, 0) is 37.3 Å². The van der Waals surface area contributed by atoms with Crippen molar-refractivity contribution in [2.24, 2.45) is 5.41 Å². The molecular formula is C12H21NO2S2. The highest BCUT2D eigenvalue weighted by atomic mass is 32.2.